The van der Waals surface area contributed by atoms with Gasteiger partial charge in [0.15, 0.2) is 0 Å². The Balaban J connectivity index is 1.40. The lowest BCUT2D eigenvalue weighted by atomic mass is 9.78. The molecule has 204 valence electrons. The van der Waals surface area contributed by atoms with Gasteiger partial charge in [-0.25, -0.2) is 4.99 Å². The molecule has 0 saturated carbocycles. The van der Waals surface area contributed by atoms with Crippen LogP contribution in [0.3, 0.4) is 0 Å². The Hall–Kier alpha value is -3.85. The van der Waals surface area contributed by atoms with Crippen LogP contribution in [0.15, 0.2) is 62.8 Å². The van der Waals surface area contributed by atoms with E-state index in [2.05, 4.69) is 10.1 Å². The van der Waals surface area contributed by atoms with Gasteiger partial charge in [-0.2, -0.15) is 0 Å². The summed E-state index contributed by atoms with van der Waals surface area (Å²) in [5.74, 6) is -0.535. The molecule has 2 aliphatic rings. The van der Waals surface area contributed by atoms with E-state index in [1.54, 1.807) is 28.6 Å². The molecule has 2 amide bonds. The highest BCUT2D eigenvalue weighted by Crippen LogP contribution is 2.39. The van der Waals surface area contributed by atoms with Crippen LogP contribution in [0.5, 0.6) is 0 Å². The molecule has 1 fully saturated rings. The number of carbonyl (C=O) groups is 2. The average Bonchev–Trinajstić information content (AvgIpc) is 3.58. The highest BCUT2D eigenvalue weighted by atomic mass is 16.5. The minimum atomic E-state index is -0.891. The predicted molar refractivity (Wildman–Crippen MR) is 146 cm³/mol. The summed E-state index contributed by atoms with van der Waals surface area (Å²) in [4.78, 5) is 45.3. The summed E-state index contributed by atoms with van der Waals surface area (Å²) in [5, 5.41) is 14.5. The van der Waals surface area contributed by atoms with Crippen LogP contribution in [-0.4, -0.2) is 55.9 Å². The summed E-state index contributed by atoms with van der Waals surface area (Å²) in [7, 11) is 1.73. The zero-order valence-corrected chi connectivity index (χ0v) is 22.9. The maximum Gasteiger partial charge on any atom is 0.256 e. The molecule has 1 saturated heterocycles. The molecule has 0 spiro atoms. The Morgan fingerprint density at radius 2 is 1.87 bits per heavy atom. The van der Waals surface area contributed by atoms with Crippen LogP contribution in [0.25, 0.3) is 11.3 Å². The maximum atomic E-state index is 13.8. The highest BCUT2D eigenvalue weighted by Gasteiger charge is 2.48. The number of likely N-dealkylation sites (tertiary alicyclic amines) is 1. The van der Waals surface area contributed by atoms with Gasteiger partial charge in [0, 0.05) is 44.3 Å². The first kappa shape index (κ1) is 26.7. The van der Waals surface area contributed by atoms with Crippen molar-refractivity contribution in [1.82, 2.24) is 14.6 Å². The van der Waals surface area contributed by atoms with Crippen molar-refractivity contribution in [3.63, 3.8) is 0 Å². The van der Waals surface area contributed by atoms with Crippen molar-refractivity contribution < 1.29 is 19.2 Å². The third kappa shape index (κ3) is 4.76. The summed E-state index contributed by atoms with van der Waals surface area (Å²) >= 11 is 0. The number of pyridine rings is 1. The Morgan fingerprint density at radius 1 is 1.15 bits per heavy atom. The van der Waals surface area contributed by atoms with Gasteiger partial charge in [-0.3, -0.25) is 14.4 Å². The van der Waals surface area contributed by atoms with Crippen molar-refractivity contribution in [1.29, 1.82) is 0 Å². The zero-order chi connectivity index (χ0) is 28.1. The summed E-state index contributed by atoms with van der Waals surface area (Å²) < 4.78 is 7.04. The summed E-state index contributed by atoms with van der Waals surface area (Å²) in [6, 6.07) is 14.0. The van der Waals surface area contributed by atoms with E-state index in [-0.39, 0.29) is 29.8 Å². The fraction of sp³-hybridized carbons (Fsp3) is 0.433. The SMILES string of the molecule is Cc1cc([C@H](C(=O)N2C[C@H](O)C[C@H]2C2=NC(=O)[C@@](C)(c3ccc(-c4cccc(=O)n4C)cc3)C2)C(C)C)on1. The van der Waals surface area contributed by atoms with Gasteiger partial charge in [-0.15, -0.1) is 0 Å². The third-order valence-electron chi connectivity index (χ3n) is 8.09. The Labute approximate surface area is 227 Å². The second-order valence-corrected chi connectivity index (χ2v) is 11.3. The number of hydrogen-bond acceptors (Lipinski definition) is 6. The van der Waals surface area contributed by atoms with E-state index in [1.165, 1.54) is 6.07 Å². The van der Waals surface area contributed by atoms with Crippen molar-refractivity contribution >= 4 is 17.5 Å². The lowest BCUT2D eigenvalue weighted by Gasteiger charge is -2.30. The van der Waals surface area contributed by atoms with Gasteiger partial charge < -0.3 is 19.1 Å². The molecule has 9 heteroatoms. The van der Waals surface area contributed by atoms with E-state index >= 15 is 0 Å². The number of β-amino-alcohol motifs (C(OH)–C–C–N with tert-alkyl or cyclic N) is 1. The number of rotatable bonds is 6. The molecule has 0 radical (unpaired) electrons. The monoisotopic (exact) mass is 530 g/mol. The fourth-order valence-electron chi connectivity index (χ4n) is 5.83. The normalized spacial score (nSPS) is 23.9. The Morgan fingerprint density at radius 3 is 2.51 bits per heavy atom. The summed E-state index contributed by atoms with van der Waals surface area (Å²) in [6.07, 6.45) is -0.0243. The molecule has 2 aliphatic heterocycles. The molecule has 0 aliphatic carbocycles. The molecular formula is C30H34N4O5. The second-order valence-electron chi connectivity index (χ2n) is 11.3. The molecule has 39 heavy (non-hydrogen) atoms. The first-order chi connectivity index (χ1) is 18.5. The van der Waals surface area contributed by atoms with E-state index in [0.717, 1.165) is 16.8 Å². The average molecular weight is 531 g/mol. The van der Waals surface area contributed by atoms with Gasteiger partial charge in [0.05, 0.1) is 28.9 Å². The summed E-state index contributed by atoms with van der Waals surface area (Å²) in [6.45, 7) is 7.75. The van der Waals surface area contributed by atoms with Crippen molar-refractivity contribution in [2.75, 3.05) is 6.54 Å². The van der Waals surface area contributed by atoms with Crippen LogP contribution in [-0.2, 0) is 22.1 Å². The van der Waals surface area contributed by atoms with Gasteiger partial charge in [-0.05, 0) is 37.0 Å². The maximum absolute atomic E-state index is 13.8. The predicted octanol–water partition coefficient (Wildman–Crippen LogP) is 3.38. The molecule has 0 unspecified atom stereocenters. The van der Waals surface area contributed by atoms with Gasteiger partial charge in [0.1, 0.15) is 11.7 Å². The van der Waals surface area contributed by atoms with Crippen molar-refractivity contribution in [3.8, 4) is 11.3 Å². The summed E-state index contributed by atoms with van der Waals surface area (Å²) in [5.41, 5.74) is 2.78. The lowest BCUT2D eigenvalue weighted by Crippen LogP contribution is -2.44. The second kappa shape index (κ2) is 10.0. The smallest absolute Gasteiger partial charge is 0.256 e. The van der Waals surface area contributed by atoms with E-state index in [1.807, 2.05) is 58.0 Å². The number of aliphatic hydroxyl groups excluding tert-OH is 1. The van der Waals surface area contributed by atoms with Gasteiger partial charge in [-0.1, -0.05) is 49.3 Å². The zero-order valence-electron chi connectivity index (χ0n) is 22.9. The number of benzene rings is 1. The third-order valence-corrected chi connectivity index (χ3v) is 8.09. The number of nitrogens with zero attached hydrogens (tertiary/aromatic N) is 4. The highest BCUT2D eigenvalue weighted by molar-refractivity contribution is 6.11. The number of aromatic nitrogens is 2. The number of aryl methyl sites for hydroxylation is 1. The van der Waals surface area contributed by atoms with Crippen LogP contribution in [0.4, 0.5) is 0 Å². The van der Waals surface area contributed by atoms with Crippen molar-refractivity contribution in [3.05, 3.63) is 75.9 Å². The van der Waals surface area contributed by atoms with Crippen LogP contribution in [0.1, 0.15) is 56.5 Å². The first-order valence-corrected chi connectivity index (χ1v) is 13.3. The number of carbonyl (C=O) groups excluding carboxylic acids is 2. The topological polar surface area (TPSA) is 118 Å². The van der Waals surface area contributed by atoms with Crippen molar-refractivity contribution in [2.45, 2.75) is 64.0 Å². The largest absolute Gasteiger partial charge is 0.391 e. The molecule has 1 N–H and O–H groups in total. The molecule has 3 aromatic rings. The number of aliphatic imine (C=N–C) groups is 1. The van der Waals surface area contributed by atoms with Crippen LogP contribution in [0.2, 0.25) is 0 Å². The van der Waals surface area contributed by atoms with Crippen molar-refractivity contribution in [2.24, 2.45) is 18.0 Å². The van der Waals surface area contributed by atoms with Crippen LogP contribution >= 0.6 is 0 Å². The van der Waals surface area contributed by atoms with Gasteiger partial charge >= 0.3 is 0 Å². The van der Waals surface area contributed by atoms with Gasteiger partial charge in [0.25, 0.3) is 11.5 Å². The van der Waals surface area contributed by atoms with E-state index < -0.39 is 23.5 Å². The quantitative estimate of drug-likeness (QED) is 0.522. The first-order valence-electron chi connectivity index (χ1n) is 13.3. The molecule has 1 aromatic carbocycles. The van der Waals surface area contributed by atoms with Crippen LogP contribution < -0.4 is 5.56 Å². The number of amides is 2. The lowest BCUT2D eigenvalue weighted by molar-refractivity contribution is -0.134. The Kier molecular flexibility index (Phi) is 6.88. The number of aliphatic hydroxyl groups is 1. The van der Waals surface area contributed by atoms with E-state index in [0.29, 0.717) is 30.0 Å². The van der Waals surface area contributed by atoms with E-state index in [4.69, 9.17) is 4.52 Å². The molecule has 9 nitrogen and oxygen atoms in total. The van der Waals surface area contributed by atoms with E-state index in [9.17, 15) is 19.5 Å². The minimum absolute atomic E-state index is 0.0525. The van der Waals surface area contributed by atoms with Gasteiger partial charge in [0.2, 0.25) is 5.91 Å². The molecule has 0 bridgehead atoms. The van der Waals surface area contributed by atoms with Crippen LogP contribution in [0, 0.1) is 12.8 Å². The molecule has 4 atom stereocenters. The molecular weight excluding hydrogens is 496 g/mol. The molecule has 4 heterocycles. The minimum Gasteiger partial charge on any atom is -0.391 e. The number of hydrogen-bond donors (Lipinski definition) is 1. The fourth-order valence-corrected chi connectivity index (χ4v) is 5.83. The molecule has 2 aromatic heterocycles. The molecule has 5 rings (SSSR count). The Bertz CT molecular complexity index is 1500. The standard InChI is InChI=1S/C30H34N4O5/c1-17(2)27(25-13-18(3)32-39-25)28(37)34-16-21(35)14-24(34)22-15-30(4,29(38)31-22)20-11-9-19(10-12-20)23-7-6-8-26(36)33(23)5/h6-13,17,21,24,27,35H,14-16H2,1-5H3/t21-,24+,27-,30-/m1/s1.